The van der Waals surface area contributed by atoms with Crippen LogP contribution in [0.5, 0.6) is 0 Å². The molecule has 9 nitrogen and oxygen atoms in total. The summed E-state index contributed by atoms with van der Waals surface area (Å²) in [6.45, 7) is 1.70. The Hall–Kier alpha value is -2.82. The zero-order valence-electron chi connectivity index (χ0n) is 15.0. The maximum Gasteiger partial charge on any atom is 0.262 e. The van der Waals surface area contributed by atoms with Gasteiger partial charge in [0.15, 0.2) is 10.9 Å². The predicted molar refractivity (Wildman–Crippen MR) is 101 cm³/mol. The number of hydrogen-bond donors (Lipinski definition) is 0. The molecular formula is C18H19N5O4S. The van der Waals surface area contributed by atoms with Gasteiger partial charge in [0.25, 0.3) is 15.9 Å². The van der Waals surface area contributed by atoms with Crippen molar-refractivity contribution in [2.75, 3.05) is 26.3 Å². The summed E-state index contributed by atoms with van der Waals surface area (Å²) >= 11 is 0. The van der Waals surface area contributed by atoms with Crippen molar-refractivity contribution < 1.29 is 17.7 Å². The first-order chi connectivity index (χ1) is 13.6. The molecular weight excluding hydrogens is 382 g/mol. The molecule has 1 saturated heterocycles. The molecule has 1 aliphatic heterocycles. The smallest absolute Gasteiger partial charge is 0.262 e. The molecule has 0 radical (unpaired) electrons. The summed E-state index contributed by atoms with van der Waals surface area (Å²) < 4.78 is 38.6. The first kappa shape index (κ1) is 18.5. The third kappa shape index (κ3) is 4.19. The van der Waals surface area contributed by atoms with E-state index in [4.69, 9.17) is 9.26 Å². The molecule has 10 heteroatoms. The lowest BCUT2D eigenvalue weighted by atomic mass is 10.2. The molecule has 0 bridgehead atoms. The van der Waals surface area contributed by atoms with Crippen molar-refractivity contribution in [3.8, 4) is 0 Å². The lowest BCUT2D eigenvalue weighted by molar-refractivity contribution is 0.0729. The molecule has 3 aromatic rings. The van der Waals surface area contributed by atoms with E-state index in [1.807, 2.05) is 36.4 Å². The summed E-state index contributed by atoms with van der Waals surface area (Å²) in [5.41, 5.74) is 1.02. The van der Waals surface area contributed by atoms with Crippen LogP contribution in [-0.2, 0) is 21.3 Å². The molecule has 4 rings (SSSR count). The Bertz CT molecular complexity index is 1050. The van der Waals surface area contributed by atoms with Gasteiger partial charge in [0.05, 0.1) is 26.1 Å². The van der Waals surface area contributed by atoms with Crippen molar-refractivity contribution >= 4 is 22.2 Å². The van der Waals surface area contributed by atoms with E-state index in [1.165, 1.54) is 16.8 Å². The quantitative estimate of drug-likeness (QED) is 0.617. The minimum Gasteiger partial charge on any atom is -0.379 e. The average molecular weight is 401 g/mol. The van der Waals surface area contributed by atoms with Crippen molar-refractivity contribution in [3.63, 3.8) is 0 Å². The van der Waals surface area contributed by atoms with E-state index in [9.17, 15) is 8.42 Å². The largest absolute Gasteiger partial charge is 0.379 e. The molecule has 28 heavy (non-hydrogen) atoms. The molecule has 0 aliphatic carbocycles. The first-order valence-electron chi connectivity index (χ1n) is 8.77. The van der Waals surface area contributed by atoms with Gasteiger partial charge in [0.1, 0.15) is 0 Å². The first-order valence-corrected chi connectivity index (χ1v) is 10.2. The lowest BCUT2D eigenvalue weighted by Crippen LogP contribution is -2.40. The topological polar surface area (TPSA) is 103 Å². The van der Waals surface area contributed by atoms with Gasteiger partial charge in [0.2, 0.25) is 0 Å². The van der Waals surface area contributed by atoms with Gasteiger partial charge in [-0.3, -0.25) is 0 Å². The van der Waals surface area contributed by atoms with Crippen LogP contribution in [0, 0.1) is 0 Å². The van der Waals surface area contributed by atoms with Crippen LogP contribution >= 0.6 is 0 Å². The Morgan fingerprint density at radius 2 is 1.89 bits per heavy atom. The van der Waals surface area contributed by atoms with Gasteiger partial charge in [-0.05, 0) is 11.6 Å². The third-order valence-electron chi connectivity index (χ3n) is 4.21. The van der Waals surface area contributed by atoms with Gasteiger partial charge in [-0.15, -0.1) is 0 Å². The van der Waals surface area contributed by atoms with Crippen LogP contribution in [0.2, 0.25) is 0 Å². The number of aromatic nitrogens is 4. The fraction of sp³-hybridized carbons (Fsp3) is 0.278. The third-order valence-corrected chi connectivity index (χ3v) is 5.99. The molecule has 0 saturated carbocycles. The zero-order valence-corrected chi connectivity index (χ0v) is 15.8. The number of morpholine rings is 1. The molecule has 0 amide bonds. The standard InChI is InChI=1S/C18H19N5O4S/c24-28(25,23-8-10-26-11-9-23)18-13-22(14-19-18)12-16-20-17(27-21-16)7-6-15-4-2-1-3-5-15/h1-7,13-14H,8-12H2/b7-6+. The number of sulfonamides is 1. The minimum absolute atomic E-state index is 0.00194. The molecule has 0 atom stereocenters. The summed E-state index contributed by atoms with van der Waals surface area (Å²) in [4.78, 5) is 8.33. The Morgan fingerprint density at radius 3 is 2.68 bits per heavy atom. The highest BCUT2D eigenvalue weighted by molar-refractivity contribution is 7.89. The number of ether oxygens (including phenoxy) is 1. The van der Waals surface area contributed by atoms with Gasteiger partial charge in [-0.1, -0.05) is 35.5 Å². The van der Waals surface area contributed by atoms with Gasteiger partial charge in [0, 0.05) is 25.4 Å². The monoisotopic (exact) mass is 401 g/mol. The lowest BCUT2D eigenvalue weighted by Gasteiger charge is -2.24. The number of imidazole rings is 1. The van der Waals surface area contributed by atoms with E-state index in [-0.39, 0.29) is 11.6 Å². The van der Waals surface area contributed by atoms with Crippen molar-refractivity contribution in [2.24, 2.45) is 0 Å². The summed E-state index contributed by atoms with van der Waals surface area (Å²) in [6.07, 6.45) is 6.53. The van der Waals surface area contributed by atoms with Crippen LogP contribution in [0.1, 0.15) is 17.3 Å². The molecule has 2 aromatic heterocycles. The molecule has 0 unspecified atom stereocenters. The van der Waals surface area contributed by atoms with Crippen LogP contribution in [0.4, 0.5) is 0 Å². The van der Waals surface area contributed by atoms with Crippen molar-refractivity contribution in [2.45, 2.75) is 11.6 Å². The molecule has 3 heterocycles. The van der Waals surface area contributed by atoms with E-state index in [1.54, 1.807) is 10.6 Å². The molecule has 146 valence electrons. The Kier molecular flexibility index (Phi) is 5.33. The van der Waals surface area contributed by atoms with E-state index in [0.29, 0.717) is 38.0 Å². The maximum absolute atomic E-state index is 12.6. The van der Waals surface area contributed by atoms with Crippen LogP contribution in [0.3, 0.4) is 0 Å². The zero-order chi connectivity index (χ0) is 19.4. The van der Waals surface area contributed by atoms with Crippen LogP contribution in [-0.4, -0.2) is 58.7 Å². The second kappa shape index (κ2) is 8.05. The van der Waals surface area contributed by atoms with Gasteiger partial charge in [-0.25, -0.2) is 13.4 Å². The molecule has 1 fully saturated rings. The maximum atomic E-state index is 12.6. The molecule has 0 spiro atoms. The van der Waals surface area contributed by atoms with Crippen molar-refractivity contribution in [3.05, 3.63) is 60.1 Å². The highest BCUT2D eigenvalue weighted by atomic mass is 32.2. The molecule has 1 aromatic carbocycles. The summed E-state index contributed by atoms with van der Waals surface area (Å²) in [5.74, 6) is 0.806. The SMILES string of the molecule is O=S(=O)(c1cn(Cc2noc(/C=C/c3ccccc3)n2)cn1)N1CCOCC1. The Morgan fingerprint density at radius 1 is 1.11 bits per heavy atom. The summed E-state index contributed by atoms with van der Waals surface area (Å²) in [6, 6.07) is 9.77. The van der Waals surface area contributed by atoms with Crippen LogP contribution in [0.25, 0.3) is 12.2 Å². The van der Waals surface area contributed by atoms with Gasteiger partial charge in [-0.2, -0.15) is 9.29 Å². The van der Waals surface area contributed by atoms with Crippen molar-refractivity contribution in [1.29, 1.82) is 0 Å². The summed E-state index contributed by atoms with van der Waals surface area (Å²) in [7, 11) is -3.62. The second-order valence-corrected chi connectivity index (χ2v) is 8.08. The fourth-order valence-corrected chi connectivity index (χ4v) is 4.12. The minimum atomic E-state index is -3.62. The van der Waals surface area contributed by atoms with E-state index >= 15 is 0 Å². The van der Waals surface area contributed by atoms with E-state index < -0.39 is 10.0 Å². The predicted octanol–water partition coefficient (Wildman–Crippen LogP) is 1.51. The fourth-order valence-electron chi connectivity index (χ4n) is 2.77. The summed E-state index contributed by atoms with van der Waals surface area (Å²) in [5, 5.41) is 3.92. The normalized spacial score (nSPS) is 16.0. The number of hydrogen-bond acceptors (Lipinski definition) is 7. The number of nitrogens with zero attached hydrogens (tertiary/aromatic N) is 5. The number of benzene rings is 1. The van der Waals surface area contributed by atoms with Crippen LogP contribution < -0.4 is 0 Å². The number of rotatable bonds is 6. The molecule has 1 aliphatic rings. The highest BCUT2D eigenvalue weighted by Gasteiger charge is 2.28. The average Bonchev–Trinajstić information content (AvgIpc) is 3.38. The van der Waals surface area contributed by atoms with Gasteiger partial charge >= 0.3 is 0 Å². The van der Waals surface area contributed by atoms with Crippen LogP contribution in [0.15, 0.2) is 52.4 Å². The Labute approximate surface area is 162 Å². The van der Waals surface area contributed by atoms with E-state index in [0.717, 1.165) is 5.56 Å². The van der Waals surface area contributed by atoms with Crippen molar-refractivity contribution in [1.82, 2.24) is 24.0 Å². The van der Waals surface area contributed by atoms with E-state index in [2.05, 4.69) is 15.1 Å². The van der Waals surface area contributed by atoms with Gasteiger partial charge < -0.3 is 13.8 Å². The molecule has 0 N–H and O–H groups in total. The highest BCUT2D eigenvalue weighted by Crippen LogP contribution is 2.15. The Balaban J connectivity index is 1.43. The second-order valence-electron chi connectivity index (χ2n) is 6.19.